The summed E-state index contributed by atoms with van der Waals surface area (Å²) in [5, 5.41) is 20.1. The van der Waals surface area contributed by atoms with Crippen molar-refractivity contribution in [3.63, 3.8) is 0 Å². The molecule has 1 aliphatic carbocycles. The zero-order valence-electron chi connectivity index (χ0n) is 15.2. The first-order valence-corrected chi connectivity index (χ1v) is 8.80. The highest BCUT2D eigenvalue weighted by atomic mass is 16.5. The molecule has 1 heterocycles. The van der Waals surface area contributed by atoms with E-state index in [9.17, 15) is 15.0 Å². The van der Waals surface area contributed by atoms with Gasteiger partial charge >= 0.3 is 5.97 Å². The first-order valence-electron chi connectivity index (χ1n) is 8.80. The van der Waals surface area contributed by atoms with Crippen LogP contribution in [-0.4, -0.2) is 21.8 Å². The molecule has 24 heavy (non-hydrogen) atoms. The number of carboxylic acids is 1. The van der Waals surface area contributed by atoms with E-state index in [-0.39, 0.29) is 34.5 Å². The van der Waals surface area contributed by atoms with E-state index in [1.165, 1.54) is 0 Å². The van der Waals surface area contributed by atoms with Crippen LogP contribution in [0.4, 0.5) is 0 Å². The van der Waals surface area contributed by atoms with Crippen LogP contribution < -0.4 is 4.74 Å². The molecule has 1 aliphatic heterocycles. The second kappa shape index (κ2) is 5.40. The summed E-state index contributed by atoms with van der Waals surface area (Å²) in [5.74, 6) is 0.158. The van der Waals surface area contributed by atoms with Gasteiger partial charge in [-0.15, -0.1) is 0 Å². The third kappa shape index (κ3) is 2.76. The Bertz CT molecular complexity index is 669. The van der Waals surface area contributed by atoms with Crippen LogP contribution in [0.5, 0.6) is 11.5 Å². The molecule has 1 fully saturated rings. The topological polar surface area (TPSA) is 66.8 Å². The Labute approximate surface area is 143 Å². The van der Waals surface area contributed by atoms with E-state index in [0.717, 1.165) is 23.3 Å². The van der Waals surface area contributed by atoms with Crippen LogP contribution >= 0.6 is 0 Å². The van der Waals surface area contributed by atoms with E-state index in [2.05, 4.69) is 34.6 Å². The van der Waals surface area contributed by atoms with Crippen molar-refractivity contribution < 1.29 is 19.7 Å². The van der Waals surface area contributed by atoms with Gasteiger partial charge in [-0.3, -0.25) is 4.79 Å². The van der Waals surface area contributed by atoms with Crippen LogP contribution in [0, 0.1) is 11.8 Å². The van der Waals surface area contributed by atoms with Crippen molar-refractivity contribution in [3.05, 3.63) is 23.3 Å². The molecule has 0 bridgehead atoms. The summed E-state index contributed by atoms with van der Waals surface area (Å²) >= 11 is 0. The fraction of sp³-hybridized carbons (Fsp3) is 0.650. The van der Waals surface area contributed by atoms with E-state index >= 15 is 0 Å². The number of aliphatic carboxylic acids is 1. The van der Waals surface area contributed by atoms with Gasteiger partial charge in [-0.25, -0.2) is 0 Å². The van der Waals surface area contributed by atoms with Crippen LogP contribution in [0.25, 0.3) is 0 Å². The monoisotopic (exact) mass is 332 g/mol. The molecule has 0 spiro atoms. The van der Waals surface area contributed by atoms with Crippen LogP contribution in [0.1, 0.15) is 70.9 Å². The number of hydrogen-bond donors (Lipinski definition) is 2. The lowest BCUT2D eigenvalue weighted by Gasteiger charge is -2.48. The number of aromatic hydroxyl groups is 1. The number of hydrogen-bond acceptors (Lipinski definition) is 3. The molecule has 1 aromatic rings. The third-order valence-corrected chi connectivity index (χ3v) is 5.82. The summed E-state index contributed by atoms with van der Waals surface area (Å²) in [6.45, 7) is 10.5. The summed E-state index contributed by atoms with van der Waals surface area (Å²) in [4.78, 5) is 11.5. The van der Waals surface area contributed by atoms with Gasteiger partial charge in [0.15, 0.2) is 0 Å². The molecule has 132 valence electrons. The van der Waals surface area contributed by atoms with Crippen LogP contribution in [0.15, 0.2) is 12.1 Å². The molecule has 0 radical (unpaired) electrons. The summed E-state index contributed by atoms with van der Waals surface area (Å²) in [6.07, 6.45) is 2.07. The molecular formula is C20H28O4. The average molecular weight is 332 g/mol. The SMILES string of the molecule is CC(C)(C)c1cc(O)c2c(c1)OC(C)(C)[C@@H]1CCC(C(=O)O)C[C@@H]21. The summed E-state index contributed by atoms with van der Waals surface area (Å²) in [7, 11) is 0. The lowest BCUT2D eigenvalue weighted by Crippen LogP contribution is -2.47. The summed E-state index contributed by atoms with van der Waals surface area (Å²) < 4.78 is 6.29. The first-order chi connectivity index (χ1) is 11.0. The number of ether oxygens (including phenoxy) is 1. The van der Waals surface area contributed by atoms with Gasteiger partial charge in [0.25, 0.3) is 0 Å². The quantitative estimate of drug-likeness (QED) is 0.797. The van der Waals surface area contributed by atoms with Gasteiger partial charge in [-0.2, -0.15) is 0 Å². The highest BCUT2D eigenvalue weighted by Gasteiger charge is 2.48. The maximum Gasteiger partial charge on any atom is 0.306 e. The highest BCUT2D eigenvalue weighted by molar-refractivity contribution is 5.70. The Morgan fingerprint density at radius 2 is 1.92 bits per heavy atom. The van der Waals surface area contributed by atoms with Crippen molar-refractivity contribution in [1.29, 1.82) is 0 Å². The molecule has 1 unspecified atom stereocenters. The van der Waals surface area contributed by atoms with Crippen molar-refractivity contribution >= 4 is 5.97 Å². The van der Waals surface area contributed by atoms with Crippen molar-refractivity contribution in [1.82, 2.24) is 0 Å². The van der Waals surface area contributed by atoms with Crippen molar-refractivity contribution in [2.24, 2.45) is 11.8 Å². The molecule has 0 aromatic heterocycles. The molecule has 2 N–H and O–H groups in total. The largest absolute Gasteiger partial charge is 0.508 e. The molecule has 0 amide bonds. The van der Waals surface area contributed by atoms with Gasteiger partial charge in [0.2, 0.25) is 0 Å². The second-order valence-corrected chi connectivity index (χ2v) is 8.92. The number of phenolic OH excluding ortho intramolecular Hbond substituents is 1. The highest BCUT2D eigenvalue weighted by Crippen LogP contribution is 2.55. The van der Waals surface area contributed by atoms with Crippen molar-refractivity contribution in [2.75, 3.05) is 0 Å². The van der Waals surface area contributed by atoms with Gasteiger partial charge in [0, 0.05) is 11.5 Å². The van der Waals surface area contributed by atoms with Crippen molar-refractivity contribution in [2.45, 2.75) is 70.8 Å². The average Bonchev–Trinajstić information content (AvgIpc) is 2.44. The predicted octanol–water partition coefficient (Wildman–Crippen LogP) is 4.45. The van der Waals surface area contributed by atoms with Crippen LogP contribution in [0.2, 0.25) is 0 Å². The number of phenols is 1. The molecule has 1 saturated carbocycles. The maximum atomic E-state index is 11.5. The zero-order chi connectivity index (χ0) is 17.9. The Hall–Kier alpha value is -1.71. The van der Waals surface area contributed by atoms with Gasteiger partial charge < -0.3 is 14.9 Å². The normalized spacial score (nSPS) is 28.5. The Kier molecular flexibility index (Phi) is 3.85. The standard InChI is InChI=1S/C20H28O4/c1-19(2,3)12-9-15(21)17-13-8-11(18(22)23)6-7-14(13)20(4,5)24-16(17)10-12/h9-11,13-14,21H,6-8H2,1-5H3,(H,22,23)/t11?,13-,14-/m1/s1. The number of carbonyl (C=O) groups is 1. The second-order valence-electron chi connectivity index (χ2n) is 8.92. The maximum absolute atomic E-state index is 11.5. The van der Waals surface area contributed by atoms with Gasteiger partial charge in [0.1, 0.15) is 17.1 Å². The first kappa shape index (κ1) is 17.1. The Morgan fingerprint density at radius 3 is 2.50 bits per heavy atom. The van der Waals surface area contributed by atoms with E-state index in [1.807, 2.05) is 12.1 Å². The lowest BCUT2D eigenvalue weighted by molar-refractivity contribution is -0.144. The number of rotatable bonds is 1. The molecule has 3 atom stereocenters. The summed E-state index contributed by atoms with van der Waals surface area (Å²) in [6, 6.07) is 3.85. The predicted molar refractivity (Wildman–Crippen MR) is 92.7 cm³/mol. The molecule has 0 saturated heterocycles. The summed E-state index contributed by atoms with van der Waals surface area (Å²) in [5.41, 5.74) is 1.38. The minimum atomic E-state index is -0.731. The molecule has 4 heteroatoms. The van der Waals surface area contributed by atoms with Crippen molar-refractivity contribution in [3.8, 4) is 11.5 Å². The minimum absolute atomic E-state index is 0.0348. The molecule has 3 rings (SSSR count). The minimum Gasteiger partial charge on any atom is -0.508 e. The van der Waals surface area contributed by atoms with E-state index in [0.29, 0.717) is 12.8 Å². The van der Waals surface area contributed by atoms with E-state index in [4.69, 9.17) is 4.74 Å². The van der Waals surface area contributed by atoms with Gasteiger partial charge in [-0.1, -0.05) is 20.8 Å². The Morgan fingerprint density at radius 1 is 1.25 bits per heavy atom. The molecular weight excluding hydrogens is 304 g/mol. The number of benzene rings is 1. The van der Waals surface area contributed by atoms with Crippen LogP contribution in [0.3, 0.4) is 0 Å². The lowest BCUT2D eigenvalue weighted by atomic mass is 9.63. The molecule has 2 aliphatic rings. The fourth-order valence-electron chi connectivity index (χ4n) is 4.41. The van der Waals surface area contributed by atoms with E-state index < -0.39 is 5.97 Å². The number of carboxylic acid groups (broad SMARTS) is 1. The fourth-order valence-corrected chi connectivity index (χ4v) is 4.41. The van der Waals surface area contributed by atoms with E-state index in [1.54, 1.807) is 0 Å². The number of fused-ring (bicyclic) bond motifs is 3. The molecule has 4 nitrogen and oxygen atoms in total. The van der Waals surface area contributed by atoms with Crippen LogP contribution in [-0.2, 0) is 10.2 Å². The smallest absolute Gasteiger partial charge is 0.306 e. The third-order valence-electron chi connectivity index (χ3n) is 5.82. The van der Waals surface area contributed by atoms with Gasteiger partial charge in [-0.05, 0) is 62.1 Å². The molecule has 1 aromatic carbocycles. The zero-order valence-corrected chi connectivity index (χ0v) is 15.2. The Balaban J connectivity index is 2.10. The van der Waals surface area contributed by atoms with Gasteiger partial charge in [0.05, 0.1) is 5.92 Å².